The Hall–Kier alpha value is -2.25. The molecule has 2 aromatic rings. The third-order valence-electron chi connectivity index (χ3n) is 4.88. The maximum atomic E-state index is 12.3. The third kappa shape index (κ3) is 5.62. The van der Waals surface area contributed by atoms with E-state index in [0.717, 1.165) is 55.8 Å². The van der Waals surface area contributed by atoms with Crippen LogP contribution in [-0.4, -0.2) is 49.5 Å². The molecular weight excluding hydrogens is 380 g/mol. The lowest BCUT2D eigenvalue weighted by Gasteiger charge is -2.22. The monoisotopic (exact) mass is 408 g/mol. The van der Waals surface area contributed by atoms with E-state index in [4.69, 9.17) is 9.47 Å². The lowest BCUT2D eigenvalue weighted by Crippen LogP contribution is -2.32. The van der Waals surface area contributed by atoms with Crippen molar-refractivity contribution < 1.29 is 14.3 Å². The summed E-state index contributed by atoms with van der Waals surface area (Å²) in [6.07, 6.45) is 5.73. The average Bonchev–Trinajstić information content (AvgIpc) is 3.22. The second-order valence-electron chi connectivity index (χ2n) is 6.72. The molecule has 0 spiro atoms. The summed E-state index contributed by atoms with van der Waals surface area (Å²) in [7, 11) is 3.31. The van der Waals surface area contributed by atoms with Crippen LogP contribution in [0, 0.1) is 0 Å². The molecule has 0 saturated carbocycles. The number of carbonyl (C=O) groups excluding carboxylic acids is 1. The van der Waals surface area contributed by atoms with Gasteiger partial charge in [0.2, 0.25) is 0 Å². The molecule has 0 radical (unpaired) electrons. The summed E-state index contributed by atoms with van der Waals surface area (Å²) >= 11 is 0. The number of carbonyl (C=O) groups is 1. The summed E-state index contributed by atoms with van der Waals surface area (Å²) in [6.45, 7) is 2.55. The van der Waals surface area contributed by atoms with Gasteiger partial charge in [0.1, 0.15) is 17.2 Å². The first-order valence-corrected chi connectivity index (χ1v) is 9.46. The first-order valence-electron chi connectivity index (χ1n) is 9.46. The first kappa shape index (κ1) is 22.0. The van der Waals surface area contributed by atoms with E-state index in [-0.39, 0.29) is 18.3 Å². The van der Waals surface area contributed by atoms with E-state index in [0.29, 0.717) is 18.3 Å². The molecule has 1 aliphatic rings. The highest BCUT2D eigenvalue weighted by Crippen LogP contribution is 2.25. The molecule has 1 aromatic heterocycles. The molecule has 3 rings (SSSR count). The smallest absolute Gasteiger partial charge is 0.271 e. The molecule has 154 valence electrons. The van der Waals surface area contributed by atoms with Crippen molar-refractivity contribution in [2.24, 2.45) is 0 Å². The molecule has 0 bridgehead atoms. The minimum Gasteiger partial charge on any atom is -0.497 e. The van der Waals surface area contributed by atoms with Crippen molar-refractivity contribution in [2.45, 2.75) is 31.7 Å². The van der Waals surface area contributed by atoms with Gasteiger partial charge in [-0.25, -0.2) is 0 Å². The summed E-state index contributed by atoms with van der Waals surface area (Å²) in [5.74, 6) is 1.51. The lowest BCUT2D eigenvalue weighted by atomic mass is 10.1. The number of hydrogen-bond acceptors (Lipinski definition) is 5. The number of hydrogen-bond donors (Lipinski definition) is 2. The Morgan fingerprint density at radius 2 is 2.18 bits per heavy atom. The van der Waals surface area contributed by atoms with E-state index >= 15 is 0 Å². The van der Waals surface area contributed by atoms with Crippen molar-refractivity contribution >= 4 is 18.3 Å². The molecule has 28 heavy (non-hydrogen) atoms. The summed E-state index contributed by atoms with van der Waals surface area (Å²) < 4.78 is 12.6. The molecule has 1 saturated heterocycles. The maximum Gasteiger partial charge on any atom is 0.271 e. The number of aryl methyl sites for hydroxylation is 1. The maximum absolute atomic E-state index is 12.3. The van der Waals surface area contributed by atoms with Crippen LogP contribution in [0.1, 0.15) is 41.4 Å². The van der Waals surface area contributed by atoms with E-state index in [9.17, 15) is 4.79 Å². The quantitative estimate of drug-likeness (QED) is 0.656. The standard InChI is InChI=1S/C20H28N4O3.ClH/c1-26-17-7-8-19(27-2)15(13-17)5-3-11-22-20(25)18-9-12-24(23-18)16-6-4-10-21-14-16;/h7-9,12-13,16,21H,3-6,10-11,14H2,1-2H3,(H,22,25);1H. The summed E-state index contributed by atoms with van der Waals surface area (Å²) in [5, 5.41) is 10.8. The van der Waals surface area contributed by atoms with E-state index in [1.807, 2.05) is 29.1 Å². The van der Waals surface area contributed by atoms with Gasteiger partial charge in [0, 0.05) is 19.3 Å². The van der Waals surface area contributed by atoms with Crippen LogP contribution >= 0.6 is 12.4 Å². The molecule has 0 aliphatic carbocycles. The largest absolute Gasteiger partial charge is 0.497 e. The first-order chi connectivity index (χ1) is 13.2. The zero-order chi connectivity index (χ0) is 19.1. The average molecular weight is 409 g/mol. The number of halogens is 1. The zero-order valence-corrected chi connectivity index (χ0v) is 17.3. The highest BCUT2D eigenvalue weighted by molar-refractivity contribution is 5.92. The van der Waals surface area contributed by atoms with Gasteiger partial charge < -0.3 is 20.1 Å². The Morgan fingerprint density at radius 3 is 2.89 bits per heavy atom. The molecule has 1 aliphatic heterocycles. The Balaban J connectivity index is 0.00000280. The van der Waals surface area contributed by atoms with E-state index in [1.54, 1.807) is 20.3 Å². The van der Waals surface area contributed by atoms with Gasteiger partial charge in [-0.1, -0.05) is 0 Å². The fraction of sp³-hybridized carbons (Fsp3) is 0.500. The molecule has 1 fully saturated rings. The number of benzene rings is 1. The fourth-order valence-corrected chi connectivity index (χ4v) is 3.37. The van der Waals surface area contributed by atoms with Crippen LogP contribution in [0.2, 0.25) is 0 Å². The van der Waals surface area contributed by atoms with Crippen LogP contribution < -0.4 is 20.1 Å². The third-order valence-corrected chi connectivity index (χ3v) is 4.88. The van der Waals surface area contributed by atoms with Gasteiger partial charge in [-0.15, -0.1) is 12.4 Å². The van der Waals surface area contributed by atoms with Crippen LogP contribution in [0.25, 0.3) is 0 Å². The molecule has 2 heterocycles. The summed E-state index contributed by atoms with van der Waals surface area (Å²) in [5.41, 5.74) is 1.54. The Morgan fingerprint density at radius 1 is 1.32 bits per heavy atom. The predicted octanol–water partition coefficient (Wildman–Crippen LogP) is 2.61. The minimum absolute atomic E-state index is 0. The lowest BCUT2D eigenvalue weighted by molar-refractivity contribution is 0.0947. The molecule has 7 nitrogen and oxygen atoms in total. The Kier molecular flexibility index (Phi) is 8.60. The van der Waals surface area contributed by atoms with Crippen LogP contribution in [0.15, 0.2) is 30.5 Å². The highest BCUT2D eigenvalue weighted by Gasteiger charge is 2.17. The number of rotatable bonds is 8. The van der Waals surface area contributed by atoms with Crippen molar-refractivity contribution in [1.29, 1.82) is 0 Å². The van der Waals surface area contributed by atoms with Crippen molar-refractivity contribution in [2.75, 3.05) is 33.9 Å². The number of amides is 1. The number of ether oxygens (including phenoxy) is 2. The second kappa shape index (κ2) is 10.9. The van der Waals surface area contributed by atoms with Gasteiger partial charge in [0.25, 0.3) is 5.91 Å². The van der Waals surface area contributed by atoms with E-state index in [1.165, 1.54) is 0 Å². The summed E-state index contributed by atoms with van der Waals surface area (Å²) in [4.78, 5) is 12.3. The van der Waals surface area contributed by atoms with Crippen LogP contribution in [-0.2, 0) is 6.42 Å². The normalized spacial score (nSPS) is 16.1. The van der Waals surface area contributed by atoms with Gasteiger partial charge in [0.15, 0.2) is 0 Å². The zero-order valence-electron chi connectivity index (χ0n) is 16.4. The highest BCUT2D eigenvalue weighted by atomic mass is 35.5. The minimum atomic E-state index is -0.130. The number of methoxy groups -OCH3 is 2. The van der Waals surface area contributed by atoms with Gasteiger partial charge in [-0.2, -0.15) is 5.10 Å². The van der Waals surface area contributed by atoms with Crippen molar-refractivity contribution in [1.82, 2.24) is 20.4 Å². The Bertz CT molecular complexity index is 760. The van der Waals surface area contributed by atoms with Gasteiger partial charge in [-0.3, -0.25) is 9.48 Å². The van der Waals surface area contributed by atoms with Crippen LogP contribution in [0.5, 0.6) is 11.5 Å². The van der Waals surface area contributed by atoms with Crippen molar-refractivity contribution in [3.8, 4) is 11.5 Å². The number of aromatic nitrogens is 2. The molecule has 1 aromatic carbocycles. The molecule has 1 atom stereocenters. The van der Waals surface area contributed by atoms with Crippen LogP contribution in [0.3, 0.4) is 0 Å². The number of nitrogens with one attached hydrogen (secondary N) is 2. The van der Waals surface area contributed by atoms with Crippen molar-refractivity contribution in [3.63, 3.8) is 0 Å². The predicted molar refractivity (Wildman–Crippen MR) is 111 cm³/mol. The van der Waals surface area contributed by atoms with Gasteiger partial charge in [-0.05, 0) is 62.1 Å². The SMILES string of the molecule is COc1ccc(OC)c(CCCNC(=O)c2ccn(C3CCCNC3)n2)c1.Cl. The van der Waals surface area contributed by atoms with Crippen molar-refractivity contribution in [3.05, 3.63) is 41.7 Å². The van der Waals surface area contributed by atoms with Crippen LogP contribution in [0.4, 0.5) is 0 Å². The topological polar surface area (TPSA) is 77.4 Å². The Labute approximate surface area is 172 Å². The second-order valence-corrected chi connectivity index (χ2v) is 6.72. The molecular formula is C20H29ClN4O3. The number of nitrogens with zero attached hydrogens (tertiary/aromatic N) is 2. The van der Waals surface area contributed by atoms with Gasteiger partial charge in [0.05, 0.1) is 20.3 Å². The molecule has 1 amide bonds. The summed E-state index contributed by atoms with van der Waals surface area (Å²) in [6, 6.07) is 7.87. The molecule has 8 heteroatoms. The van der Waals surface area contributed by atoms with E-state index < -0.39 is 0 Å². The molecule has 2 N–H and O–H groups in total. The number of piperidine rings is 1. The molecule has 1 unspecified atom stereocenters. The van der Waals surface area contributed by atoms with Gasteiger partial charge >= 0.3 is 0 Å². The van der Waals surface area contributed by atoms with E-state index in [2.05, 4.69) is 15.7 Å². The fourth-order valence-electron chi connectivity index (χ4n) is 3.37.